The highest BCUT2D eigenvalue weighted by Crippen LogP contribution is 2.31. The number of imidazole rings is 1. The summed E-state index contributed by atoms with van der Waals surface area (Å²) in [6.07, 6.45) is 3.59. The van der Waals surface area contributed by atoms with Gasteiger partial charge in [0.15, 0.2) is 0 Å². The lowest BCUT2D eigenvalue weighted by Crippen LogP contribution is -2.20. The number of nitrogens with zero attached hydrogens (tertiary/aromatic N) is 6. The Kier molecular flexibility index (Phi) is 9.37. The van der Waals surface area contributed by atoms with Crippen molar-refractivity contribution >= 4 is 34.8 Å². The number of hydrogen-bond donors (Lipinski definition) is 3. The SMILES string of the molecule is CCn1nc(C)cc1C(=O)Nc1nc2cc(C(N)=O)cc(OCCOC(=O)c3cc(C)nn3CC)c2n1C/C=C/CN. The molecule has 5 N–H and O–H groups in total. The van der Waals surface area contributed by atoms with Crippen molar-refractivity contribution in [3.63, 3.8) is 0 Å². The van der Waals surface area contributed by atoms with E-state index in [1.807, 2.05) is 19.9 Å². The molecule has 14 heteroatoms. The van der Waals surface area contributed by atoms with Gasteiger partial charge >= 0.3 is 5.97 Å². The number of carbonyl (C=O) groups is 3. The molecule has 0 aliphatic rings. The number of anilines is 1. The van der Waals surface area contributed by atoms with Crippen LogP contribution in [0, 0.1) is 13.8 Å². The van der Waals surface area contributed by atoms with Crippen molar-refractivity contribution in [2.45, 2.75) is 47.3 Å². The van der Waals surface area contributed by atoms with Crippen LogP contribution in [0.15, 0.2) is 36.4 Å². The Hall–Kier alpha value is -4.98. The highest BCUT2D eigenvalue weighted by molar-refractivity contribution is 6.04. The summed E-state index contributed by atoms with van der Waals surface area (Å²) in [5.41, 5.74) is 14.4. The minimum Gasteiger partial charge on any atom is -0.488 e. The van der Waals surface area contributed by atoms with E-state index in [-0.39, 0.29) is 37.0 Å². The number of carbonyl (C=O) groups excluding carboxylic acids is 3. The smallest absolute Gasteiger partial charge is 0.356 e. The quantitative estimate of drug-likeness (QED) is 0.122. The number of amides is 2. The van der Waals surface area contributed by atoms with E-state index in [0.29, 0.717) is 53.4 Å². The number of rotatable bonds is 13. The monoisotopic (exact) mass is 577 g/mol. The maximum atomic E-state index is 13.2. The van der Waals surface area contributed by atoms with Crippen LogP contribution in [0.2, 0.25) is 0 Å². The first-order valence-electron chi connectivity index (χ1n) is 13.6. The standard InChI is InChI=1S/C28H35N9O5/c1-5-36-21(13-17(3)33-36)26(39)32-28-31-20-15-19(25(30)38)16-23(24(20)35(28)10-8-7-9-29)41-11-12-42-27(40)22-14-18(4)34-37(22)6-2/h7-8,13-16H,5-6,9-12,29H2,1-4H3,(H2,30,38)(H,31,32,39)/b8-7+. The van der Waals surface area contributed by atoms with Crippen molar-refractivity contribution in [3.8, 4) is 5.75 Å². The van der Waals surface area contributed by atoms with E-state index < -0.39 is 17.8 Å². The molecule has 0 radical (unpaired) electrons. The van der Waals surface area contributed by atoms with Gasteiger partial charge in [-0.05, 0) is 52.0 Å². The van der Waals surface area contributed by atoms with Gasteiger partial charge in [0.1, 0.15) is 35.9 Å². The fourth-order valence-corrected chi connectivity index (χ4v) is 4.48. The zero-order valence-corrected chi connectivity index (χ0v) is 24.1. The van der Waals surface area contributed by atoms with Crippen molar-refractivity contribution in [3.05, 3.63) is 64.8 Å². The number of benzene rings is 1. The highest BCUT2D eigenvalue weighted by atomic mass is 16.6. The summed E-state index contributed by atoms with van der Waals surface area (Å²) in [5.74, 6) is -1.11. The van der Waals surface area contributed by atoms with Crippen LogP contribution in [0.3, 0.4) is 0 Å². The fourth-order valence-electron chi connectivity index (χ4n) is 4.48. The molecule has 3 aromatic heterocycles. The molecule has 3 heterocycles. The number of ether oxygens (including phenoxy) is 2. The number of nitrogens with one attached hydrogen (secondary N) is 1. The zero-order valence-electron chi connectivity index (χ0n) is 24.1. The molecule has 14 nitrogen and oxygen atoms in total. The summed E-state index contributed by atoms with van der Waals surface area (Å²) in [5, 5.41) is 11.5. The first-order valence-corrected chi connectivity index (χ1v) is 13.6. The number of primary amides is 1. The lowest BCUT2D eigenvalue weighted by Gasteiger charge is -2.13. The Labute approximate surface area is 242 Å². The maximum absolute atomic E-state index is 13.2. The van der Waals surface area contributed by atoms with Gasteiger partial charge in [-0.1, -0.05) is 12.2 Å². The molecule has 4 aromatic rings. The van der Waals surface area contributed by atoms with E-state index in [9.17, 15) is 14.4 Å². The summed E-state index contributed by atoms with van der Waals surface area (Å²) in [6.45, 7) is 8.92. The van der Waals surface area contributed by atoms with Crippen molar-refractivity contribution in [1.29, 1.82) is 0 Å². The predicted molar refractivity (Wildman–Crippen MR) is 155 cm³/mol. The predicted octanol–water partition coefficient (Wildman–Crippen LogP) is 2.19. The molecule has 222 valence electrons. The van der Waals surface area contributed by atoms with Crippen LogP contribution in [0.25, 0.3) is 11.0 Å². The molecule has 0 bridgehead atoms. The number of allylic oxidation sites excluding steroid dienone is 1. The lowest BCUT2D eigenvalue weighted by molar-refractivity contribution is 0.0437. The topological polar surface area (TPSA) is 187 Å². The second-order valence-corrected chi connectivity index (χ2v) is 9.37. The molecule has 0 aliphatic carbocycles. The largest absolute Gasteiger partial charge is 0.488 e. The van der Waals surface area contributed by atoms with Gasteiger partial charge in [-0.3, -0.25) is 24.3 Å². The average Bonchev–Trinajstić information content (AvgIpc) is 3.64. The van der Waals surface area contributed by atoms with Gasteiger partial charge in [0.05, 0.1) is 16.9 Å². The molecular weight excluding hydrogens is 542 g/mol. The highest BCUT2D eigenvalue weighted by Gasteiger charge is 2.22. The van der Waals surface area contributed by atoms with E-state index in [1.165, 1.54) is 12.1 Å². The van der Waals surface area contributed by atoms with Crippen LogP contribution in [0.4, 0.5) is 5.95 Å². The molecule has 0 fully saturated rings. The average molecular weight is 578 g/mol. The fraction of sp³-hybridized carbons (Fsp3) is 0.357. The molecule has 0 saturated heterocycles. The van der Waals surface area contributed by atoms with Crippen LogP contribution < -0.4 is 21.5 Å². The summed E-state index contributed by atoms with van der Waals surface area (Å²) in [7, 11) is 0. The molecule has 1 aromatic carbocycles. The van der Waals surface area contributed by atoms with Gasteiger partial charge in [-0.15, -0.1) is 0 Å². The first-order chi connectivity index (χ1) is 20.2. The van der Waals surface area contributed by atoms with E-state index in [2.05, 4.69) is 20.5 Å². The summed E-state index contributed by atoms with van der Waals surface area (Å²) < 4.78 is 16.3. The Balaban J connectivity index is 1.64. The molecule has 0 unspecified atom stereocenters. The van der Waals surface area contributed by atoms with E-state index in [1.54, 1.807) is 46.0 Å². The summed E-state index contributed by atoms with van der Waals surface area (Å²) in [6, 6.07) is 6.37. The molecular formula is C28H35N9O5. The van der Waals surface area contributed by atoms with Crippen LogP contribution in [-0.2, 0) is 24.4 Å². The van der Waals surface area contributed by atoms with Gasteiger partial charge in [0, 0.05) is 31.7 Å². The third-order valence-corrected chi connectivity index (χ3v) is 6.33. The van der Waals surface area contributed by atoms with E-state index in [4.69, 9.17) is 20.9 Å². The number of hydrogen-bond acceptors (Lipinski definition) is 9. The van der Waals surface area contributed by atoms with Crippen LogP contribution in [0.5, 0.6) is 5.75 Å². The van der Waals surface area contributed by atoms with Crippen molar-refractivity contribution < 1.29 is 23.9 Å². The van der Waals surface area contributed by atoms with E-state index >= 15 is 0 Å². The normalized spacial score (nSPS) is 11.4. The Morgan fingerprint density at radius 3 is 2.26 bits per heavy atom. The molecule has 0 aliphatic heterocycles. The number of nitrogens with two attached hydrogens (primary N) is 2. The minimum atomic E-state index is -0.679. The number of aryl methyl sites for hydroxylation is 4. The Morgan fingerprint density at radius 2 is 1.62 bits per heavy atom. The number of esters is 1. The third-order valence-electron chi connectivity index (χ3n) is 6.33. The van der Waals surface area contributed by atoms with Crippen molar-refractivity contribution in [2.75, 3.05) is 25.1 Å². The first kappa shape index (κ1) is 30.0. The molecule has 4 rings (SSSR count). The second-order valence-electron chi connectivity index (χ2n) is 9.37. The Bertz CT molecular complexity index is 1650. The third kappa shape index (κ3) is 6.49. The summed E-state index contributed by atoms with van der Waals surface area (Å²) in [4.78, 5) is 42.6. The molecule has 42 heavy (non-hydrogen) atoms. The van der Waals surface area contributed by atoms with Gasteiger partial charge in [0.2, 0.25) is 11.9 Å². The number of fused-ring (bicyclic) bond motifs is 1. The maximum Gasteiger partial charge on any atom is 0.356 e. The Morgan fingerprint density at radius 1 is 0.952 bits per heavy atom. The molecule has 0 saturated carbocycles. The second kappa shape index (κ2) is 13.1. The number of aromatic nitrogens is 6. The van der Waals surface area contributed by atoms with Gasteiger partial charge in [-0.2, -0.15) is 10.2 Å². The summed E-state index contributed by atoms with van der Waals surface area (Å²) >= 11 is 0. The van der Waals surface area contributed by atoms with Crippen LogP contribution in [0.1, 0.15) is 56.6 Å². The molecule has 0 atom stereocenters. The van der Waals surface area contributed by atoms with Crippen molar-refractivity contribution in [2.24, 2.45) is 11.5 Å². The molecule has 2 amide bonds. The van der Waals surface area contributed by atoms with Gasteiger partial charge in [-0.25, -0.2) is 9.78 Å². The zero-order chi connectivity index (χ0) is 30.4. The van der Waals surface area contributed by atoms with Gasteiger partial charge < -0.3 is 25.5 Å². The van der Waals surface area contributed by atoms with E-state index in [0.717, 1.165) is 0 Å². The van der Waals surface area contributed by atoms with Gasteiger partial charge in [0.25, 0.3) is 5.91 Å². The van der Waals surface area contributed by atoms with Crippen molar-refractivity contribution in [1.82, 2.24) is 29.1 Å². The lowest BCUT2D eigenvalue weighted by atomic mass is 10.1. The van der Waals surface area contributed by atoms with Crippen LogP contribution in [-0.4, -0.2) is 66.7 Å². The van der Waals surface area contributed by atoms with Crippen LogP contribution >= 0.6 is 0 Å². The molecule has 0 spiro atoms. The minimum absolute atomic E-state index is 0.0250.